The van der Waals surface area contributed by atoms with Gasteiger partial charge in [-0.15, -0.1) is 11.8 Å². The van der Waals surface area contributed by atoms with Gasteiger partial charge in [0.05, 0.1) is 18.0 Å². The minimum atomic E-state index is 0.484. The maximum Gasteiger partial charge on any atom is 0.0955 e. The highest BCUT2D eigenvalue weighted by Crippen LogP contribution is 2.22. The zero-order valence-electron chi connectivity index (χ0n) is 12.3. The molecule has 0 radical (unpaired) electrons. The van der Waals surface area contributed by atoms with Crippen LogP contribution in [0.15, 0.2) is 37.4 Å². The Bertz CT molecular complexity index is 459. The Morgan fingerprint density at radius 1 is 0.905 bits per heavy atom. The number of hydrogen-bond acceptors (Lipinski definition) is 5. The van der Waals surface area contributed by atoms with Crippen LogP contribution in [0.5, 0.6) is 0 Å². The third kappa shape index (κ3) is 6.84. The third-order valence-electron chi connectivity index (χ3n) is 2.96. The van der Waals surface area contributed by atoms with Gasteiger partial charge < -0.3 is 9.13 Å². The molecule has 0 aliphatic heterocycles. The Labute approximate surface area is 139 Å². The summed E-state index contributed by atoms with van der Waals surface area (Å²) in [5.41, 5.74) is 0. The van der Waals surface area contributed by atoms with Crippen LogP contribution in [0.2, 0.25) is 0 Å². The van der Waals surface area contributed by atoms with Crippen LogP contribution in [0.1, 0.15) is 12.3 Å². The van der Waals surface area contributed by atoms with Crippen LogP contribution >= 0.6 is 35.3 Å². The highest BCUT2D eigenvalue weighted by molar-refractivity contribution is 8.04. The summed E-state index contributed by atoms with van der Waals surface area (Å²) in [5.74, 6) is 6.08. The molecule has 0 amide bonds. The third-order valence-corrected chi connectivity index (χ3v) is 6.59. The van der Waals surface area contributed by atoms with E-state index in [1.807, 2.05) is 61.0 Å². The van der Waals surface area contributed by atoms with Gasteiger partial charge in [-0.2, -0.15) is 23.5 Å². The Kier molecular flexibility index (Phi) is 8.21. The predicted molar refractivity (Wildman–Crippen MR) is 96.3 cm³/mol. The van der Waals surface area contributed by atoms with Crippen molar-refractivity contribution < 1.29 is 0 Å². The molecular weight excluding hydrogens is 320 g/mol. The molecule has 2 heterocycles. The molecule has 0 spiro atoms. The number of aryl methyl sites for hydroxylation is 1. The van der Waals surface area contributed by atoms with Crippen molar-refractivity contribution in [2.75, 3.05) is 28.8 Å². The standard InChI is InChI=1S/C14H22N4S3/c1-14(18-5-3-16-13-18)21-11-10-20-9-8-19-7-6-17-4-2-15-12-17/h2-5,12-14H,6-11H2,1H3. The van der Waals surface area contributed by atoms with Crippen molar-refractivity contribution in [2.24, 2.45) is 0 Å². The van der Waals surface area contributed by atoms with Gasteiger partial charge in [-0.25, -0.2) is 9.97 Å². The molecular formula is C14H22N4S3. The van der Waals surface area contributed by atoms with Gasteiger partial charge in [0.25, 0.3) is 0 Å². The minimum Gasteiger partial charge on any atom is -0.337 e. The summed E-state index contributed by atoms with van der Waals surface area (Å²) in [6, 6.07) is 0. The number of aromatic nitrogens is 4. The van der Waals surface area contributed by atoms with Gasteiger partial charge in [0.15, 0.2) is 0 Å². The molecule has 21 heavy (non-hydrogen) atoms. The fraction of sp³-hybridized carbons (Fsp3) is 0.571. The molecule has 1 atom stereocenters. The molecule has 0 saturated carbocycles. The maximum absolute atomic E-state index is 4.08. The van der Waals surface area contributed by atoms with Crippen molar-refractivity contribution >= 4 is 35.3 Å². The molecule has 2 aromatic heterocycles. The van der Waals surface area contributed by atoms with Crippen LogP contribution in [0.25, 0.3) is 0 Å². The van der Waals surface area contributed by atoms with Gasteiger partial charge in [-0.3, -0.25) is 0 Å². The average Bonchev–Trinajstić information content (AvgIpc) is 3.18. The largest absolute Gasteiger partial charge is 0.337 e. The maximum atomic E-state index is 4.08. The molecule has 0 fully saturated rings. The lowest BCUT2D eigenvalue weighted by Crippen LogP contribution is -2.00. The molecule has 0 N–H and O–H groups in total. The molecule has 0 aromatic carbocycles. The van der Waals surface area contributed by atoms with Crippen molar-refractivity contribution in [3.8, 4) is 0 Å². The fourth-order valence-electron chi connectivity index (χ4n) is 1.76. The van der Waals surface area contributed by atoms with Crippen molar-refractivity contribution in [1.29, 1.82) is 0 Å². The summed E-state index contributed by atoms with van der Waals surface area (Å²) < 4.78 is 4.29. The van der Waals surface area contributed by atoms with Crippen LogP contribution in [-0.2, 0) is 6.54 Å². The SMILES string of the molecule is CC(SCCSCCSCCn1ccnc1)n1ccnc1. The van der Waals surface area contributed by atoms with Crippen molar-refractivity contribution in [2.45, 2.75) is 18.8 Å². The normalized spacial score (nSPS) is 12.6. The zero-order chi connectivity index (χ0) is 14.8. The van der Waals surface area contributed by atoms with Gasteiger partial charge in [-0.1, -0.05) is 0 Å². The van der Waals surface area contributed by atoms with E-state index in [0.717, 1.165) is 6.54 Å². The average molecular weight is 343 g/mol. The van der Waals surface area contributed by atoms with Gasteiger partial charge in [0.2, 0.25) is 0 Å². The lowest BCUT2D eigenvalue weighted by Gasteiger charge is -2.12. The molecule has 116 valence electrons. The summed E-state index contributed by atoms with van der Waals surface area (Å²) in [4.78, 5) is 8.13. The Morgan fingerprint density at radius 2 is 1.62 bits per heavy atom. The van der Waals surface area contributed by atoms with Crippen molar-refractivity contribution in [1.82, 2.24) is 19.1 Å². The van der Waals surface area contributed by atoms with E-state index in [4.69, 9.17) is 0 Å². The molecule has 0 aliphatic carbocycles. The smallest absolute Gasteiger partial charge is 0.0955 e. The van der Waals surface area contributed by atoms with Crippen LogP contribution in [0, 0.1) is 0 Å². The molecule has 7 heteroatoms. The van der Waals surface area contributed by atoms with E-state index in [1.165, 1.54) is 28.8 Å². The van der Waals surface area contributed by atoms with Crippen LogP contribution in [0.3, 0.4) is 0 Å². The highest BCUT2D eigenvalue weighted by atomic mass is 32.2. The molecule has 4 nitrogen and oxygen atoms in total. The van der Waals surface area contributed by atoms with Gasteiger partial charge in [0, 0.05) is 60.1 Å². The molecule has 0 bridgehead atoms. The highest BCUT2D eigenvalue weighted by Gasteiger charge is 2.03. The van der Waals surface area contributed by atoms with Gasteiger partial charge in [0.1, 0.15) is 0 Å². The Hall–Kier alpha value is -0.530. The first-order valence-electron chi connectivity index (χ1n) is 7.06. The topological polar surface area (TPSA) is 35.6 Å². The second kappa shape index (κ2) is 10.2. The van der Waals surface area contributed by atoms with Gasteiger partial charge >= 0.3 is 0 Å². The number of imidazole rings is 2. The van der Waals surface area contributed by atoms with E-state index in [9.17, 15) is 0 Å². The van der Waals surface area contributed by atoms with E-state index >= 15 is 0 Å². The second-order valence-electron chi connectivity index (χ2n) is 4.51. The number of thioether (sulfide) groups is 3. The molecule has 1 unspecified atom stereocenters. The quantitative estimate of drug-likeness (QED) is 0.584. The van der Waals surface area contributed by atoms with E-state index < -0.39 is 0 Å². The molecule has 0 saturated heterocycles. The first-order valence-corrected chi connectivity index (χ1v) is 10.4. The number of nitrogens with zero attached hydrogens (tertiary/aromatic N) is 4. The van der Waals surface area contributed by atoms with Gasteiger partial charge in [-0.05, 0) is 6.92 Å². The van der Waals surface area contributed by atoms with Crippen molar-refractivity contribution in [3.63, 3.8) is 0 Å². The monoisotopic (exact) mass is 342 g/mol. The summed E-state index contributed by atoms with van der Waals surface area (Å²) in [7, 11) is 0. The lowest BCUT2D eigenvalue weighted by molar-refractivity contribution is 0.739. The fourth-order valence-corrected chi connectivity index (χ4v) is 4.94. The van der Waals surface area contributed by atoms with E-state index in [0.29, 0.717) is 5.37 Å². The second-order valence-corrected chi connectivity index (χ2v) is 8.38. The predicted octanol–water partition coefficient (Wildman–Crippen LogP) is 3.50. The number of hydrogen-bond donors (Lipinski definition) is 0. The zero-order valence-corrected chi connectivity index (χ0v) is 14.7. The minimum absolute atomic E-state index is 0.484. The summed E-state index contributed by atoms with van der Waals surface area (Å²) >= 11 is 6.07. The first-order chi connectivity index (χ1) is 10.4. The lowest BCUT2D eigenvalue weighted by atomic mass is 10.7. The van der Waals surface area contributed by atoms with E-state index in [2.05, 4.69) is 37.8 Å². The molecule has 2 aromatic rings. The van der Waals surface area contributed by atoms with E-state index in [1.54, 1.807) is 0 Å². The van der Waals surface area contributed by atoms with Crippen LogP contribution < -0.4 is 0 Å². The Morgan fingerprint density at radius 3 is 2.33 bits per heavy atom. The first kappa shape index (κ1) is 16.8. The molecule has 2 rings (SSSR count). The Balaban J connectivity index is 1.38. The summed E-state index contributed by atoms with van der Waals surface area (Å²) in [5, 5.41) is 0.484. The van der Waals surface area contributed by atoms with Crippen LogP contribution in [-0.4, -0.2) is 47.9 Å². The summed E-state index contributed by atoms with van der Waals surface area (Å²) in [6.45, 7) is 3.29. The summed E-state index contributed by atoms with van der Waals surface area (Å²) in [6.07, 6.45) is 11.5. The van der Waals surface area contributed by atoms with E-state index in [-0.39, 0.29) is 0 Å². The van der Waals surface area contributed by atoms with Crippen molar-refractivity contribution in [3.05, 3.63) is 37.4 Å². The van der Waals surface area contributed by atoms with Crippen LogP contribution in [0.4, 0.5) is 0 Å². The number of rotatable bonds is 11. The molecule has 0 aliphatic rings.